The molecule has 1 aromatic heterocycles. The number of nitrogens with zero attached hydrogens (tertiary/aromatic N) is 2. The molecule has 116 valence electrons. The van der Waals surface area contributed by atoms with Crippen molar-refractivity contribution in [3.63, 3.8) is 0 Å². The molecule has 1 aliphatic heterocycles. The van der Waals surface area contributed by atoms with E-state index in [4.69, 9.17) is 0 Å². The van der Waals surface area contributed by atoms with Gasteiger partial charge in [-0.1, -0.05) is 24.3 Å². The fourth-order valence-corrected chi connectivity index (χ4v) is 3.16. The monoisotopic (exact) mass is 298 g/mol. The number of likely N-dealkylation sites (tertiary alicyclic amines) is 1. The first-order valence-electron chi connectivity index (χ1n) is 7.87. The molecular formula is C18H22N2O2. The van der Waals surface area contributed by atoms with Crippen LogP contribution in [0, 0.1) is 6.92 Å². The van der Waals surface area contributed by atoms with Crippen LogP contribution in [0.4, 0.5) is 0 Å². The summed E-state index contributed by atoms with van der Waals surface area (Å²) in [4.78, 5) is 13.8. The molecule has 4 nitrogen and oxygen atoms in total. The fraction of sp³-hybridized carbons (Fsp3) is 0.389. The summed E-state index contributed by atoms with van der Waals surface area (Å²) in [5, 5.41) is 9.29. The van der Waals surface area contributed by atoms with E-state index in [-0.39, 0.29) is 0 Å². The molecule has 0 unspecified atom stereocenters. The van der Waals surface area contributed by atoms with E-state index in [1.807, 2.05) is 12.1 Å². The molecule has 1 N–H and O–H groups in total. The van der Waals surface area contributed by atoms with Crippen LogP contribution in [0.1, 0.15) is 28.8 Å². The highest BCUT2D eigenvalue weighted by Gasteiger charge is 2.16. The number of hydrogen-bond acceptors (Lipinski definition) is 2. The van der Waals surface area contributed by atoms with Crippen molar-refractivity contribution in [3.05, 3.63) is 47.7 Å². The Balaban J connectivity index is 1.90. The second-order valence-electron chi connectivity index (χ2n) is 5.98. The Morgan fingerprint density at radius 2 is 1.91 bits per heavy atom. The summed E-state index contributed by atoms with van der Waals surface area (Å²) in [5.41, 5.74) is 3.63. The number of aromatic carboxylic acids is 1. The van der Waals surface area contributed by atoms with E-state index in [0.29, 0.717) is 5.56 Å². The van der Waals surface area contributed by atoms with Gasteiger partial charge in [0, 0.05) is 30.5 Å². The highest BCUT2D eigenvalue weighted by atomic mass is 16.4. The van der Waals surface area contributed by atoms with Gasteiger partial charge < -0.3 is 14.6 Å². The number of benzene rings is 1. The van der Waals surface area contributed by atoms with Gasteiger partial charge in [-0.25, -0.2) is 4.79 Å². The molecule has 0 aliphatic carbocycles. The highest BCUT2D eigenvalue weighted by Crippen LogP contribution is 2.26. The van der Waals surface area contributed by atoms with Gasteiger partial charge in [0.2, 0.25) is 0 Å². The lowest BCUT2D eigenvalue weighted by atomic mass is 10.1. The molecule has 0 spiro atoms. The van der Waals surface area contributed by atoms with Gasteiger partial charge in [-0.15, -0.1) is 0 Å². The summed E-state index contributed by atoms with van der Waals surface area (Å²) in [6.07, 6.45) is 4.31. The van der Waals surface area contributed by atoms with Crippen LogP contribution in [0.3, 0.4) is 0 Å². The van der Waals surface area contributed by atoms with Crippen molar-refractivity contribution in [1.82, 2.24) is 9.47 Å². The van der Waals surface area contributed by atoms with E-state index in [0.717, 1.165) is 37.4 Å². The second kappa shape index (κ2) is 6.36. The van der Waals surface area contributed by atoms with Gasteiger partial charge in [-0.3, -0.25) is 0 Å². The van der Waals surface area contributed by atoms with Crippen LogP contribution >= 0.6 is 0 Å². The number of aryl methyl sites for hydroxylation is 1. The van der Waals surface area contributed by atoms with Crippen LogP contribution in [0.15, 0.2) is 36.5 Å². The van der Waals surface area contributed by atoms with Gasteiger partial charge in [0.05, 0.1) is 5.56 Å². The highest BCUT2D eigenvalue weighted by molar-refractivity contribution is 5.89. The summed E-state index contributed by atoms with van der Waals surface area (Å²) < 4.78 is 2.09. The maximum Gasteiger partial charge on any atom is 0.337 e. The molecule has 2 heterocycles. The van der Waals surface area contributed by atoms with Crippen molar-refractivity contribution in [1.29, 1.82) is 0 Å². The van der Waals surface area contributed by atoms with E-state index in [9.17, 15) is 9.90 Å². The first-order valence-corrected chi connectivity index (χ1v) is 7.87. The predicted molar refractivity (Wildman–Crippen MR) is 87.2 cm³/mol. The Kier molecular flexibility index (Phi) is 4.29. The minimum Gasteiger partial charge on any atom is -0.478 e. The standard InChI is InChI=1S/C18H22N2O2/c1-14-6-2-3-7-16(14)17-12-15(18(21)22)13-20(17)11-10-19-8-4-5-9-19/h2-3,6-7,12-13H,4-5,8-11H2,1H3,(H,21,22). The summed E-state index contributed by atoms with van der Waals surface area (Å²) in [6.45, 7) is 6.19. The van der Waals surface area contributed by atoms with Crippen molar-refractivity contribution >= 4 is 5.97 Å². The summed E-state index contributed by atoms with van der Waals surface area (Å²) in [6, 6.07) is 9.92. The molecule has 1 saturated heterocycles. The SMILES string of the molecule is Cc1ccccc1-c1cc(C(=O)O)cn1CCN1CCCC1. The average molecular weight is 298 g/mol. The van der Waals surface area contributed by atoms with E-state index in [2.05, 4.69) is 28.5 Å². The normalized spacial score (nSPS) is 15.3. The number of carboxylic acids is 1. The smallest absolute Gasteiger partial charge is 0.337 e. The maximum atomic E-state index is 11.3. The Morgan fingerprint density at radius 3 is 2.59 bits per heavy atom. The van der Waals surface area contributed by atoms with E-state index < -0.39 is 5.97 Å². The van der Waals surface area contributed by atoms with Crippen molar-refractivity contribution in [2.75, 3.05) is 19.6 Å². The number of hydrogen-bond donors (Lipinski definition) is 1. The first-order chi connectivity index (χ1) is 10.6. The Labute approximate surface area is 131 Å². The van der Waals surface area contributed by atoms with Gasteiger partial charge in [0.25, 0.3) is 0 Å². The molecule has 0 amide bonds. The van der Waals surface area contributed by atoms with Gasteiger partial charge in [-0.05, 0) is 44.5 Å². The van der Waals surface area contributed by atoms with E-state index in [1.54, 1.807) is 12.3 Å². The van der Waals surface area contributed by atoms with E-state index in [1.165, 1.54) is 18.4 Å². The molecule has 0 bridgehead atoms. The molecule has 1 aliphatic rings. The molecule has 4 heteroatoms. The lowest BCUT2D eigenvalue weighted by molar-refractivity contribution is 0.0697. The minimum absolute atomic E-state index is 0.361. The summed E-state index contributed by atoms with van der Waals surface area (Å²) in [7, 11) is 0. The topological polar surface area (TPSA) is 45.5 Å². The average Bonchev–Trinajstić information content (AvgIpc) is 3.15. The molecule has 0 saturated carbocycles. The first kappa shape index (κ1) is 14.9. The summed E-state index contributed by atoms with van der Waals surface area (Å²) in [5.74, 6) is -0.866. The molecule has 3 rings (SSSR count). The Bertz CT molecular complexity index is 669. The van der Waals surface area contributed by atoms with E-state index >= 15 is 0 Å². The van der Waals surface area contributed by atoms with Gasteiger partial charge in [-0.2, -0.15) is 0 Å². The quantitative estimate of drug-likeness (QED) is 0.921. The lowest BCUT2D eigenvalue weighted by Crippen LogP contribution is -2.24. The zero-order valence-corrected chi connectivity index (χ0v) is 13.0. The Hall–Kier alpha value is -2.07. The van der Waals surface area contributed by atoms with Gasteiger partial charge >= 0.3 is 5.97 Å². The van der Waals surface area contributed by atoms with Crippen LogP contribution < -0.4 is 0 Å². The van der Waals surface area contributed by atoms with Crippen LogP contribution in [-0.4, -0.2) is 40.2 Å². The van der Waals surface area contributed by atoms with Crippen molar-refractivity contribution < 1.29 is 9.90 Å². The molecule has 0 radical (unpaired) electrons. The van der Waals surface area contributed by atoms with Crippen molar-refractivity contribution in [2.24, 2.45) is 0 Å². The predicted octanol–water partition coefficient (Wildman–Crippen LogP) is 3.26. The molecule has 2 aromatic rings. The number of aromatic nitrogens is 1. The minimum atomic E-state index is -0.866. The van der Waals surface area contributed by atoms with Gasteiger partial charge in [0.15, 0.2) is 0 Å². The Morgan fingerprint density at radius 1 is 1.18 bits per heavy atom. The fourth-order valence-electron chi connectivity index (χ4n) is 3.16. The van der Waals surface area contributed by atoms with Crippen LogP contribution in [0.2, 0.25) is 0 Å². The second-order valence-corrected chi connectivity index (χ2v) is 5.98. The van der Waals surface area contributed by atoms with Gasteiger partial charge in [0.1, 0.15) is 0 Å². The molecule has 0 atom stereocenters. The molecular weight excluding hydrogens is 276 g/mol. The van der Waals surface area contributed by atoms with Crippen LogP contribution in [0.25, 0.3) is 11.3 Å². The number of carbonyl (C=O) groups is 1. The summed E-state index contributed by atoms with van der Waals surface area (Å²) >= 11 is 0. The molecule has 1 aromatic carbocycles. The van der Waals surface area contributed by atoms with Crippen molar-refractivity contribution in [3.8, 4) is 11.3 Å². The van der Waals surface area contributed by atoms with Crippen molar-refractivity contribution in [2.45, 2.75) is 26.3 Å². The third kappa shape index (κ3) is 3.07. The maximum absolute atomic E-state index is 11.3. The lowest BCUT2D eigenvalue weighted by Gasteiger charge is -2.17. The molecule has 1 fully saturated rings. The third-order valence-corrected chi connectivity index (χ3v) is 4.42. The third-order valence-electron chi connectivity index (χ3n) is 4.42. The zero-order valence-electron chi connectivity index (χ0n) is 13.0. The van der Waals surface area contributed by atoms with Crippen LogP contribution in [-0.2, 0) is 6.54 Å². The number of carboxylic acid groups (broad SMARTS) is 1. The zero-order chi connectivity index (χ0) is 15.5. The number of rotatable bonds is 5. The molecule has 22 heavy (non-hydrogen) atoms. The largest absolute Gasteiger partial charge is 0.478 e. The van der Waals surface area contributed by atoms with Crippen LogP contribution in [0.5, 0.6) is 0 Å².